The van der Waals surface area contributed by atoms with E-state index >= 15 is 0 Å². The molecule has 0 aliphatic carbocycles. The van der Waals surface area contributed by atoms with E-state index in [-0.39, 0.29) is 24.0 Å². The number of rotatable bonds is 9. The van der Waals surface area contributed by atoms with Crippen LogP contribution in [0.15, 0.2) is 23.3 Å². The number of anilines is 1. The molecule has 7 nitrogen and oxygen atoms in total. The molecule has 1 aliphatic rings. The molecule has 2 heterocycles. The smallest absolute Gasteiger partial charge is 0.191 e. The number of pyridine rings is 1. The summed E-state index contributed by atoms with van der Waals surface area (Å²) >= 11 is 0. The number of nitrogens with zero attached hydrogens (tertiary/aromatic N) is 5. The molecule has 0 saturated carbocycles. The van der Waals surface area contributed by atoms with Gasteiger partial charge in [-0.25, -0.2) is 4.98 Å². The predicted molar refractivity (Wildman–Crippen MR) is 139 cm³/mol. The number of piperazine rings is 1. The van der Waals surface area contributed by atoms with Gasteiger partial charge in [-0.15, -0.1) is 24.0 Å². The summed E-state index contributed by atoms with van der Waals surface area (Å²) in [6.07, 6.45) is 1.91. The van der Waals surface area contributed by atoms with Crippen molar-refractivity contribution in [2.45, 2.75) is 53.2 Å². The van der Waals surface area contributed by atoms with E-state index < -0.39 is 0 Å². The maximum atomic E-state index is 4.59. The first kappa shape index (κ1) is 26.9. The van der Waals surface area contributed by atoms with Crippen molar-refractivity contribution in [2.24, 2.45) is 4.99 Å². The van der Waals surface area contributed by atoms with Crippen molar-refractivity contribution in [1.29, 1.82) is 0 Å². The average molecular weight is 532 g/mol. The molecule has 0 spiro atoms. The Morgan fingerprint density at radius 1 is 1.13 bits per heavy atom. The number of guanidine groups is 1. The summed E-state index contributed by atoms with van der Waals surface area (Å²) < 4.78 is 0. The van der Waals surface area contributed by atoms with E-state index in [0.29, 0.717) is 12.1 Å². The fraction of sp³-hybridized carbons (Fsp3) is 0.727. The minimum absolute atomic E-state index is 0. The van der Waals surface area contributed by atoms with Crippen LogP contribution in [0.25, 0.3) is 0 Å². The number of hydrogen-bond donors (Lipinski definition) is 2. The molecule has 1 saturated heterocycles. The van der Waals surface area contributed by atoms with Crippen molar-refractivity contribution in [3.63, 3.8) is 0 Å². The highest BCUT2D eigenvalue weighted by atomic mass is 127. The molecular formula is C22H42IN7. The highest BCUT2D eigenvalue weighted by molar-refractivity contribution is 14.0. The van der Waals surface area contributed by atoms with Gasteiger partial charge in [0.15, 0.2) is 5.96 Å². The van der Waals surface area contributed by atoms with Crippen LogP contribution in [-0.2, 0) is 6.54 Å². The van der Waals surface area contributed by atoms with Crippen molar-refractivity contribution >= 4 is 35.8 Å². The van der Waals surface area contributed by atoms with Crippen molar-refractivity contribution in [3.05, 3.63) is 23.9 Å². The van der Waals surface area contributed by atoms with Gasteiger partial charge in [0.1, 0.15) is 5.82 Å². The molecule has 0 bridgehead atoms. The van der Waals surface area contributed by atoms with Crippen LogP contribution in [0.1, 0.15) is 40.2 Å². The van der Waals surface area contributed by atoms with E-state index in [4.69, 9.17) is 0 Å². The van der Waals surface area contributed by atoms with Crippen LogP contribution in [0, 0.1) is 0 Å². The number of aliphatic imine (C=N–C) groups is 1. The molecule has 30 heavy (non-hydrogen) atoms. The quantitative estimate of drug-likeness (QED) is 0.291. The van der Waals surface area contributed by atoms with Crippen LogP contribution in [0.5, 0.6) is 0 Å². The predicted octanol–water partition coefficient (Wildman–Crippen LogP) is 2.63. The standard InChI is InChI=1S/C22H41N7.HI/c1-7-27-12-14-28(15-13-27)21-16-20(8-9-24-21)17-26-22(23-6)25-10-11-29(18(2)3)19(4)5;/h8-9,16,18-19H,7,10-15,17H2,1-6H3,(H2,23,25,26);1H. The molecule has 1 aliphatic heterocycles. The van der Waals surface area contributed by atoms with Gasteiger partial charge in [-0.05, 0) is 51.9 Å². The zero-order valence-electron chi connectivity index (χ0n) is 19.7. The van der Waals surface area contributed by atoms with Gasteiger partial charge < -0.3 is 20.4 Å². The van der Waals surface area contributed by atoms with Crippen molar-refractivity contribution in [3.8, 4) is 0 Å². The molecule has 1 fully saturated rings. The molecule has 0 atom stereocenters. The monoisotopic (exact) mass is 531 g/mol. The van der Waals surface area contributed by atoms with E-state index in [1.807, 2.05) is 13.2 Å². The Kier molecular flexibility index (Phi) is 12.6. The van der Waals surface area contributed by atoms with Crippen LogP contribution in [0.3, 0.4) is 0 Å². The van der Waals surface area contributed by atoms with Gasteiger partial charge >= 0.3 is 0 Å². The van der Waals surface area contributed by atoms with E-state index in [0.717, 1.165) is 64.1 Å². The second-order valence-electron chi connectivity index (χ2n) is 8.22. The molecule has 172 valence electrons. The van der Waals surface area contributed by atoms with Crippen LogP contribution < -0.4 is 15.5 Å². The van der Waals surface area contributed by atoms with E-state index in [1.165, 1.54) is 5.56 Å². The number of likely N-dealkylation sites (N-methyl/N-ethyl adjacent to an activating group) is 1. The van der Waals surface area contributed by atoms with Crippen molar-refractivity contribution in [2.75, 3.05) is 57.8 Å². The lowest BCUT2D eigenvalue weighted by molar-refractivity contribution is 0.178. The van der Waals surface area contributed by atoms with Crippen molar-refractivity contribution < 1.29 is 0 Å². The van der Waals surface area contributed by atoms with Gasteiger partial charge in [0.05, 0.1) is 0 Å². The molecule has 0 unspecified atom stereocenters. The molecule has 0 aromatic carbocycles. The zero-order chi connectivity index (χ0) is 21.2. The zero-order valence-corrected chi connectivity index (χ0v) is 22.0. The molecule has 2 N–H and O–H groups in total. The van der Waals surface area contributed by atoms with Crippen LogP contribution in [0.2, 0.25) is 0 Å². The third-order valence-corrected chi connectivity index (χ3v) is 5.63. The Hall–Kier alpha value is -1.13. The fourth-order valence-electron chi connectivity index (χ4n) is 3.86. The summed E-state index contributed by atoms with van der Waals surface area (Å²) in [4.78, 5) is 16.3. The Morgan fingerprint density at radius 3 is 2.37 bits per heavy atom. The number of hydrogen-bond acceptors (Lipinski definition) is 5. The summed E-state index contributed by atoms with van der Waals surface area (Å²) in [7, 11) is 1.82. The second kappa shape index (κ2) is 14.0. The highest BCUT2D eigenvalue weighted by Gasteiger charge is 2.17. The fourth-order valence-corrected chi connectivity index (χ4v) is 3.86. The lowest BCUT2D eigenvalue weighted by Gasteiger charge is -2.34. The van der Waals surface area contributed by atoms with Gasteiger partial charge in [0, 0.05) is 71.1 Å². The largest absolute Gasteiger partial charge is 0.355 e. The van der Waals surface area contributed by atoms with Crippen LogP contribution in [-0.4, -0.2) is 85.7 Å². The van der Waals surface area contributed by atoms with E-state index in [2.05, 4.69) is 82.1 Å². The second-order valence-corrected chi connectivity index (χ2v) is 8.22. The van der Waals surface area contributed by atoms with Crippen LogP contribution in [0.4, 0.5) is 5.82 Å². The summed E-state index contributed by atoms with van der Waals surface area (Å²) in [6, 6.07) is 5.36. The molecule has 1 aromatic rings. The Balaban J connectivity index is 0.00000450. The Morgan fingerprint density at radius 2 is 1.80 bits per heavy atom. The highest BCUT2D eigenvalue weighted by Crippen LogP contribution is 2.15. The minimum Gasteiger partial charge on any atom is -0.355 e. The molecule has 2 rings (SSSR count). The molecule has 0 amide bonds. The minimum atomic E-state index is 0. The van der Waals surface area contributed by atoms with Crippen LogP contribution >= 0.6 is 24.0 Å². The maximum Gasteiger partial charge on any atom is 0.191 e. The molecular weight excluding hydrogens is 489 g/mol. The normalized spacial score (nSPS) is 15.6. The van der Waals surface area contributed by atoms with Gasteiger partial charge in [-0.2, -0.15) is 0 Å². The van der Waals surface area contributed by atoms with Gasteiger partial charge in [0.2, 0.25) is 0 Å². The van der Waals surface area contributed by atoms with Gasteiger partial charge in [-0.3, -0.25) is 9.89 Å². The first-order valence-corrected chi connectivity index (χ1v) is 11.1. The molecule has 1 aromatic heterocycles. The lowest BCUT2D eigenvalue weighted by Crippen LogP contribution is -2.46. The Labute approximate surface area is 200 Å². The van der Waals surface area contributed by atoms with Gasteiger partial charge in [0.25, 0.3) is 0 Å². The number of aromatic nitrogens is 1. The third kappa shape index (κ3) is 8.55. The first-order chi connectivity index (χ1) is 13.9. The SMILES string of the molecule is CCN1CCN(c2cc(CNC(=NC)NCCN(C(C)C)C(C)C)ccn2)CC1.I. The maximum absolute atomic E-state index is 4.59. The summed E-state index contributed by atoms with van der Waals surface area (Å²) in [5.41, 5.74) is 1.22. The third-order valence-electron chi connectivity index (χ3n) is 5.63. The summed E-state index contributed by atoms with van der Waals surface area (Å²) in [5, 5.41) is 6.86. The topological polar surface area (TPSA) is 59.0 Å². The molecule has 8 heteroatoms. The Bertz CT molecular complexity index is 620. The number of nitrogens with one attached hydrogen (secondary N) is 2. The van der Waals surface area contributed by atoms with E-state index in [1.54, 1.807) is 0 Å². The summed E-state index contributed by atoms with van der Waals surface area (Å²) in [6.45, 7) is 19.3. The van der Waals surface area contributed by atoms with E-state index in [9.17, 15) is 0 Å². The average Bonchev–Trinajstić information content (AvgIpc) is 2.73. The molecule has 0 radical (unpaired) electrons. The number of halogens is 1. The lowest BCUT2D eigenvalue weighted by atomic mass is 10.2. The van der Waals surface area contributed by atoms with Gasteiger partial charge in [-0.1, -0.05) is 6.92 Å². The first-order valence-electron chi connectivity index (χ1n) is 11.1. The summed E-state index contributed by atoms with van der Waals surface area (Å²) in [5.74, 6) is 1.92. The van der Waals surface area contributed by atoms with Crippen molar-refractivity contribution in [1.82, 2.24) is 25.4 Å².